The number of hydrogen-bond donors (Lipinski definition) is 2. The molecule has 1 amide bonds. The number of carbonyl (C=O) groups is 1. The van der Waals surface area contributed by atoms with Crippen molar-refractivity contribution in [3.8, 4) is 0 Å². The Labute approximate surface area is 110 Å². The highest BCUT2D eigenvalue weighted by Crippen LogP contribution is 2.27. The van der Waals surface area contributed by atoms with Crippen LogP contribution in [-0.2, 0) is 0 Å². The second-order valence-electron chi connectivity index (χ2n) is 4.69. The SMILES string of the molecule is CNC(=O)c1ccc(N2CCCC(F)(CO)C2)nn1. The highest BCUT2D eigenvalue weighted by molar-refractivity contribution is 5.91. The van der Waals surface area contributed by atoms with E-state index in [-0.39, 0.29) is 18.1 Å². The van der Waals surface area contributed by atoms with E-state index in [0.29, 0.717) is 25.2 Å². The first-order chi connectivity index (χ1) is 9.08. The first-order valence-corrected chi connectivity index (χ1v) is 6.18. The molecule has 7 heteroatoms. The van der Waals surface area contributed by atoms with Crippen molar-refractivity contribution in [3.05, 3.63) is 17.8 Å². The van der Waals surface area contributed by atoms with Crippen LogP contribution in [0.3, 0.4) is 0 Å². The molecule has 1 aromatic rings. The largest absolute Gasteiger partial charge is 0.393 e. The molecule has 1 aliphatic rings. The number of nitrogens with one attached hydrogen (secondary N) is 1. The van der Waals surface area contributed by atoms with Crippen molar-refractivity contribution in [2.45, 2.75) is 18.5 Å². The van der Waals surface area contributed by atoms with E-state index in [1.165, 1.54) is 7.05 Å². The normalized spacial score (nSPS) is 23.2. The summed E-state index contributed by atoms with van der Waals surface area (Å²) in [4.78, 5) is 13.1. The molecule has 2 rings (SSSR count). The number of aromatic nitrogens is 2. The van der Waals surface area contributed by atoms with E-state index in [4.69, 9.17) is 5.11 Å². The number of halogens is 1. The number of piperidine rings is 1. The molecular weight excluding hydrogens is 251 g/mol. The highest BCUT2D eigenvalue weighted by atomic mass is 19.1. The van der Waals surface area contributed by atoms with Crippen molar-refractivity contribution in [2.24, 2.45) is 0 Å². The maximum atomic E-state index is 14.1. The van der Waals surface area contributed by atoms with Gasteiger partial charge in [0.2, 0.25) is 0 Å². The fourth-order valence-electron chi connectivity index (χ4n) is 2.15. The molecule has 2 heterocycles. The fraction of sp³-hybridized carbons (Fsp3) is 0.583. The standard InChI is InChI=1S/C12H17FN4O2/c1-14-11(19)9-3-4-10(16-15-9)17-6-2-5-12(13,7-17)8-18/h3-4,18H,2,5-8H2,1H3,(H,14,19). The number of hydrogen-bond acceptors (Lipinski definition) is 5. The van der Waals surface area contributed by atoms with Crippen molar-refractivity contribution >= 4 is 11.7 Å². The number of alkyl halides is 1. The summed E-state index contributed by atoms with van der Waals surface area (Å²) in [6, 6.07) is 3.19. The van der Waals surface area contributed by atoms with Crippen LogP contribution in [0.2, 0.25) is 0 Å². The van der Waals surface area contributed by atoms with Gasteiger partial charge in [0.05, 0.1) is 13.2 Å². The van der Waals surface area contributed by atoms with Crippen LogP contribution in [0.5, 0.6) is 0 Å². The fourth-order valence-corrected chi connectivity index (χ4v) is 2.15. The Bertz CT molecular complexity index is 454. The molecule has 1 aromatic heterocycles. The topological polar surface area (TPSA) is 78.4 Å². The Kier molecular flexibility index (Phi) is 3.94. The molecule has 1 atom stereocenters. The van der Waals surface area contributed by atoms with Gasteiger partial charge in [-0.3, -0.25) is 4.79 Å². The van der Waals surface area contributed by atoms with E-state index < -0.39 is 12.3 Å². The lowest BCUT2D eigenvalue weighted by atomic mass is 9.96. The lowest BCUT2D eigenvalue weighted by Crippen LogP contribution is -2.48. The monoisotopic (exact) mass is 268 g/mol. The third kappa shape index (κ3) is 2.98. The van der Waals surface area contributed by atoms with Crippen LogP contribution in [0.25, 0.3) is 0 Å². The number of anilines is 1. The van der Waals surface area contributed by atoms with Gasteiger partial charge in [-0.05, 0) is 25.0 Å². The number of aliphatic hydroxyl groups excluding tert-OH is 1. The van der Waals surface area contributed by atoms with E-state index in [1.807, 2.05) is 0 Å². The molecule has 1 unspecified atom stereocenters. The highest BCUT2D eigenvalue weighted by Gasteiger charge is 2.35. The molecule has 1 saturated heterocycles. The summed E-state index contributed by atoms with van der Waals surface area (Å²) in [6.07, 6.45) is 1.000. The second kappa shape index (κ2) is 5.48. The van der Waals surface area contributed by atoms with Gasteiger partial charge in [0, 0.05) is 13.6 Å². The summed E-state index contributed by atoms with van der Waals surface area (Å²) in [7, 11) is 1.52. The first-order valence-electron chi connectivity index (χ1n) is 6.18. The lowest BCUT2D eigenvalue weighted by Gasteiger charge is -2.36. The summed E-state index contributed by atoms with van der Waals surface area (Å²) in [6.45, 7) is 0.268. The maximum Gasteiger partial charge on any atom is 0.271 e. The molecule has 0 aromatic carbocycles. The van der Waals surface area contributed by atoms with Gasteiger partial charge in [0.15, 0.2) is 17.2 Å². The number of carbonyl (C=O) groups excluding carboxylic acids is 1. The molecule has 1 aliphatic heterocycles. The molecule has 6 nitrogen and oxygen atoms in total. The van der Waals surface area contributed by atoms with E-state index in [9.17, 15) is 9.18 Å². The average molecular weight is 268 g/mol. The smallest absolute Gasteiger partial charge is 0.271 e. The molecule has 2 N–H and O–H groups in total. The Morgan fingerprint density at radius 3 is 2.95 bits per heavy atom. The number of nitrogens with zero attached hydrogens (tertiary/aromatic N) is 3. The lowest BCUT2D eigenvalue weighted by molar-refractivity contribution is 0.0565. The Morgan fingerprint density at radius 1 is 1.58 bits per heavy atom. The third-order valence-corrected chi connectivity index (χ3v) is 3.24. The van der Waals surface area contributed by atoms with Crippen molar-refractivity contribution < 1.29 is 14.3 Å². The van der Waals surface area contributed by atoms with Crippen LogP contribution >= 0.6 is 0 Å². The van der Waals surface area contributed by atoms with Gasteiger partial charge in [-0.2, -0.15) is 0 Å². The van der Waals surface area contributed by atoms with Crippen LogP contribution in [0.1, 0.15) is 23.3 Å². The zero-order valence-corrected chi connectivity index (χ0v) is 10.8. The second-order valence-corrected chi connectivity index (χ2v) is 4.69. The summed E-state index contributed by atoms with van der Waals surface area (Å²) in [5, 5.41) is 19.3. The molecule has 0 saturated carbocycles. The minimum Gasteiger partial charge on any atom is -0.393 e. The van der Waals surface area contributed by atoms with Crippen molar-refractivity contribution in [2.75, 3.05) is 31.6 Å². The Morgan fingerprint density at radius 2 is 2.37 bits per heavy atom. The minimum absolute atomic E-state index is 0.0947. The molecule has 0 radical (unpaired) electrons. The molecule has 0 spiro atoms. The quantitative estimate of drug-likeness (QED) is 0.815. The van der Waals surface area contributed by atoms with Gasteiger partial charge in [-0.15, -0.1) is 10.2 Å². The molecule has 0 bridgehead atoms. The predicted octanol–water partition coefficient (Wildman–Crippen LogP) is 0.137. The first kappa shape index (κ1) is 13.7. The van der Waals surface area contributed by atoms with E-state index in [2.05, 4.69) is 15.5 Å². The van der Waals surface area contributed by atoms with Crippen LogP contribution in [-0.4, -0.2) is 53.6 Å². The third-order valence-electron chi connectivity index (χ3n) is 3.24. The number of rotatable bonds is 3. The van der Waals surface area contributed by atoms with Crippen LogP contribution in [0.15, 0.2) is 12.1 Å². The van der Waals surface area contributed by atoms with E-state index >= 15 is 0 Å². The van der Waals surface area contributed by atoms with Crippen molar-refractivity contribution in [1.82, 2.24) is 15.5 Å². The van der Waals surface area contributed by atoms with E-state index in [0.717, 1.165) is 0 Å². The Hall–Kier alpha value is -1.76. The van der Waals surface area contributed by atoms with Gasteiger partial charge in [0.1, 0.15) is 0 Å². The maximum absolute atomic E-state index is 14.1. The van der Waals surface area contributed by atoms with E-state index in [1.54, 1.807) is 17.0 Å². The zero-order valence-electron chi connectivity index (χ0n) is 10.8. The summed E-state index contributed by atoms with van der Waals surface area (Å²) in [5.41, 5.74) is -1.36. The van der Waals surface area contributed by atoms with Crippen LogP contribution < -0.4 is 10.2 Å². The minimum atomic E-state index is -1.58. The molecule has 1 fully saturated rings. The van der Waals surface area contributed by atoms with Crippen LogP contribution in [0, 0.1) is 0 Å². The molecule has 0 aliphatic carbocycles. The van der Waals surface area contributed by atoms with Gasteiger partial charge in [0.25, 0.3) is 5.91 Å². The molecular formula is C12H17FN4O2. The van der Waals surface area contributed by atoms with Crippen molar-refractivity contribution in [1.29, 1.82) is 0 Å². The van der Waals surface area contributed by atoms with Gasteiger partial charge < -0.3 is 15.3 Å². The van der Waals surface area contributed by atoms with Crippen molar-refractivity contribution in [3.63, 3.8) is 0 Å². The average Bonchev–Trinajstić information content (AvgIpc) is 2.46. The predicted molar refractivity (Wildman–Crippen MR) is 67.8 cm³/mol. The zero-order chi connectivity index (χ0) is 13.9. The number of aliphatic hydroxyl groups is 1. The summed E-state index contributed by atoms with van der Waals surface area (Å²) < 4.78 is 14.1. The summed E-state index contributed by atoms with van der Waals surface area (Å²) >= 11 is 0. The summed E-state index contributed by atoms with van der Waals surface area (Å²) in [5.74, 6) is 0.204. The molecule has 104 valence electrons. The van der Waals surface area contributed by atoms with Gasteiger partial charge >= 0.3 is 0 Å². The number of amides is 1. The van der Waals surface area contributed by atoms with Gasteiger partial charge in [-0.1, -0.05) is 0 Å². The van der Waals surface area contributed by atoms with Gasteiger partial charge in [-0.25, -0.2) is 4.39 Å². The Balaban J connectivity index is 2.12. The van der Waals surface area contributed by atoms with Crippen LogP contribution in [0.4, 0.5) is 10.2 Å². The molecule has 19 heavy (non-hydrogen) atoms.